The molecule has 6 nitrogen and oxygen atoms in total. The van der Waals surface area contributed by atoms with Gasteiger partial charge in [0, 0.05) is 17.5 Å². The summed E-state index contributed by atoms with van der Waals surface area (Å²) in [4.78, 5) is 11.5. The molecule has 0 fully saturated rings. The molecule has 1 heterocycles. The lowest BCUT2D eigenvalue weighted by Gasteiger charge is -2.13. The molecule has 1 aromatic carbocycles. The summed E-state index contributed by atoms with van der Waals surface area (Å²) in [5.74, 6) is -0.791. The van der Waals surface area contributed by atoms with Gasteiger partial charge in [-0.1, -0.05) is 23.2 Å². The van der Waals surface area contributed by atoms with Crippen LogP contribution in [-0.4, -0.2) is 25.1 Å². The third kappa shape index (κ3) is 3.93. The van der Waals surface area contributed by atoms with Crippen molar-refractivity contribution in [2.24, 2.45) is 5.73 Å². The van der Waals surface area contributed by atoms with Gasteiger partial charge < -0.3 is 10.3 Å². The average Bonchev–Trinajstić information content (AvgIpc) is 2.40. The Morgan fingerprint density at radius 1 is 1.26 bits per heavy atom. The van der Waals surface area contributed by atoms with Gasteiger partial charge in [-0.15, -0.1) is 0 Å². The fraction of sp³-hybridized carbons (Fsp3) is 0.143. The van der Waals surface area contributed by atoms with Gasteiger partial charge in [-0.3, -0.25) is 10.2 Å². The Labute approximate surface area is 142 Å². The summed E-state index contributed by atoms with van der Waals surface area (Å²) >= 11 is 11.9. The van der Waals surface area contributed by atoms with Crippen molar-refractivity contribution in [3.05, 3.63) is 57.1 Å². The largest absolute Gasteiger partial charge is 0.365 e. The van der Waals surface area contributed by atoms with Crippen LogP contribution in [0.25, 0.3) is 0 Å². The van der Waals surface area contributed by atoms with Crippen LogP contribution in [0.1, 0.15) is 15.9 Å². The maximum atomic E-state index is 11.9. The van der Waals surface area contributed by atoms with Gasteiger partial charge in [-0.25, -0.2) is 8.42 Å². The van der Waals surface area contributed by atoms with Gasteiger partial charge in [0.1, 0.15) is 5.49 Å². The minimum Gasteiger partial charge on any atom is -0.365 e. The van der Waals surface area contributed by atoms with Gasteiger partial charge >= 0.3 is 0 Å². The summed E-state index contributed by atoms with van der Waals surface area (Å²) in [6.07, 6.45) is 2.50. The van der Waals surface area contributed by atoms with Crippen molar-refractivity contribution >= 4 is 38.9 Å². The van der Waals surface area contributed by atoms with Crippen molar-refractivity contribution < 1.29 is 13.2 Å². The molecule has 0 spiro atoms. The Kier molecular flexibility index (Phi) is 4.84. The zero-order valence-corrected chi connectivity index (χ0v) is 14.3. The number of halogens is 2. The topological polar surface area (TPSA) is 106 Å². The minimum absolute atomic E-state index is 0.00262. The van der Waals surface area contributed by atoms with Crippen LogP contribution in [0.2, 0.25) is 10.0 Å². The Morgan fingerprint density at radius 3 is 2.48 bits per heavy atom. The van der Waals surface area contributed by atoms with Crippen LogP contribution in [0.15, 0.2) is 35.4 Å². The molecule has 2 rings (SSSR count). The van der Waals surface area contributed by atoms with Gasteiger partial charge in [0.25, 0.3) is 5.91 Å². The Morgan fingerprint density at radius 2 is 1.91 bits per heavy atom. The first-order chi connectivity index (χ1) is 10.6. The molecule has 122 valence electrons. The van der Waals surface area contributed by atoms with Gasteiger partial charge in [0.15, 0.2) is 9.84 Å². The average molecular weight is 374 g/mol. The second-order valence-electron chi connectivity index (χ2n) is 4.94. The lowest BCUT2D eigenvalue weighted by atomic mass is 10.2. The highest BCUT2D eigenvalue weighted by atomic mass is 35.5. The van der Waals surface area contributed by atoms with Crippen molar-refractivity contribution in [3.8, 4) is 0 Å². The number of hydrogen-bond acceptors (Lipinski definition) is 4. The van der Waals surface area contributed by atoms with Gasteiger partial charge in [-0.2, -0.15) is 0 Å². The van der Waals surface area contributed by atoms with E-state index in [0.29, 0.717) is 10.6 Å². The predicted octanol–water partition coefficient (Wildman–Crippen LogP) is 1.83. The third-order valence-electron chi connectivity index (χ3n) is 3.13. The lowest BCUT2D eigenvalue weighted by Crippen LogP contribution is -2.30. The highest BCUT2D eigenvalue weighted by molar-refractivity contribution is 7.90. The van der Waals surface area contributed by atoms with Crippen molar-refractivity contribution in [2.45, 2.75) is 11.4 Å². The normalized spacial score (nSPS) is 11.4. The van der Waals surface area contributed by atoms with Crippen LogP contribution in [0.4, 0.5) is 0 Å². The number of sulfone groups is 1. The second-order valence-corrected chi connectivity index (χ2v) is 7.79. The molecule has 23 heavy (non-hydrogen) atoms. The standard InChI is InChI=1S/C14H13Cl2N3O3S/c1-23(21,22)12-3-2-9(15)4-8(12)6-19-7-10(16)5-11(13(19)17)14(18)20/h2-5,7,17H,6H2,1H3,(H2,18,20). The third-order valence-corrected chi connectivity index (χ3v) is 4.77. The van der Waals surface area contributed by atoms with Crippen molar-refractivity contribution in [3.63, 3.8) is 0 Å². The molecule has 9 heteroatoms. The fourth-order valence-corrected chi connectivity index (χ4v) is 3.48. The van der Waals surface area contributed by atoms with Gasteiger partial charge in [-0.05, 0) is 29.8 Å². The molecule has 1 aromatic heterocycles. The molecular weight excluding hydrogens is 361 g/mol. The number of carbonyl (C=O) groups excluding carboxylic acids is 1. The molecule has 3 N–H and O–H groups in total. The molecule has 1 amide bonds. The van der Waals surface area contributed by atoms with Crippen molar-refractivity contribution in [1.82, 2.24) is 4.57 Å². The van der Waals surface area contributed by atoms with E-state index in [4.69, 9.17) is 34.3 Å². The Hall–Kier alpha value is -1.83. The minimum atomic E-state index is -3.48. The van der Waals surface area contributed by atoms with Gasteiger partial charge in [0.2, 0.25) is 0 Å². The van der Waals surface area contributed by atoms with E-state index in [1.54, 1.807) is 0 Å². The predicted molar refractivity (Wildman–Crippen MR) is 87.5 cm³/mol. The number of hydrogen-bond donors (Lipinski definition) is 2. The Bertz CT molecular complexity index is 952. The molecule has 0 unspecified atom stereocenters. The quantitative estimate of drug-likeness (QED) is 0.853. The van der Waals surface area contributed by atoms with Gasteiger partial charge in [0.05, 0.1) is 22.0 Å². The number of benzene rings is 1. The smallest absolute Gasteiger partial charge is 0.252 e. The number of nitrogens with two attached hydrogens (primary N) is 1. The molecule has 2 aromatic rings. The fourth-order valence-electron chi connectivity index (χ4n) is 2.14. The summed E-state index contributed by atoms with van der Waals surface area (Å²) < 4.78 is 25.1. The van der Waals surface area contributed by atoms with E-state index < -0.39 is 15.7 Å². The van der Waals surface area contributed by atoms with Crippen LogP contribution in [0.3, 0.4) is 0 Å². The van der Waals surface area contributed by atoms with E-state index in [1.807, 2.05) is 0 Å². The number of aromatic nitrogens is 1. The van der Waals surface area contributed by atoms with Crippen LogP contribution in [-0.2, 0) is 16.4 Å². The summed E-state index contributed by atoms with van der Waals surface area (Å²) in [7, 11) is -3.48. The molecule has 0 aliphatic carbocycles. The molecule has 0 atom stereocenters. The SMILES string of the molecule is CS(=O)(=O)c1ccc(Cl)cc1Cn1cc(Cl)cc(C(N)=O)c1=N. The maximum Gasteiger partial charge on any atom is 0.252 e. The summed E-state index contributed by atoms with van der Waals surface area (Å²) in [6, 6.07) is 5.66. The number of amides is 1. The van der Waals surface area contributed by atoms with Crippen LogP contribution in [0.5, 0.6) is 0 Å². The van der Waals surface area contributed by atoms with Crippen LogP contribution in [0, 0.1) is 5.41 Å². The first-order valence-electron chi connectivity index (χ1n) is 6.32. The van der Waals surface area contributed by atoms with E-state index >= 15 is 0 Å². The number of carbonyl (C=O) groups is 1. The number of primary amides is 1. The summed E-state index contributed by atoms with van der Waals surface area (Å²) in [5.41, 5.74) is 5.39. The van der Waals surface area contributed by atoms with Crippen LogP contribution < -0.4 is 11.2 Å². The molecule has 0 radical (unpaired) electrons. The Balaban J connectivity index is 2.63. The van der Waals surface area contributed by atoms with Crippen molar-refractivity contribution in [1.29, 1.82) is 5.41 Å². The monoisotopic (exact) mass is 373 g/mol. The summed E-state index contributed by atoms with van der Waals surface area (Å²) in [5, 5.41) is 8.59. The highest BCUT2D eigenvalue weighted by Gasteiger charge is 2.15. The van der Waals surface area contributed by atoms with Crippen molar-refractivity contribution in [2.75, 3.05) is 6.26 Å². The van der Waals surface area contributed by atoms with E-state index in [9.17, 15) is 13.2 Å². The number of nitrogens with zero attached hydrogens (tertiary/aromatic N) is 1. The van der Waals surface area contributed by atoms with E-state index in [0.717, 1.165) is 6.26 Å². The maximum absolute atomic E-state index is 11.9. The zero-order valence-electron chi connectivity index (χ0n) is 12.0. The molecule has 0 saturated heterocycles. The number of pyridine rings is 1. The van der Waals surface area contributed by atoms with E-state index in [-0.39, 0.29) is 27.5 Å². The molecule has 0 aliphatic rings. The lowest BCUT2D eigenvalue weighted by molar-refractivity contribution is 0.0997. The summed E-state index contributed by atoms with van der Waals surface area (Å²) in [6.45, 7) is 0.00262. The zero-order chi connectivity index (χ0) is 17.4. The number of nitrogens with one attached hydrogen (secondary N) is 1. The molecule has 0 saturated carbocycles. The molecular formula is C14H13Cl2N3O3S. The van der Waals surface area contributed by atoms with Crippen LogP contribution >= 0.6 is 23.2 Å². The second kappa shape index (κ2) is 6.35. The van der Waals surface area contributed by atoms with E-state index in [1.165, 1.54) is 35.0 Å². The molecule has 0 bridgehead atoms. The molecule has 0 aliphatic heterocycles. The van der Waals surface area contributed by atoms with E-state index in [2.05, 4.69) is 0 Å². The first-order valence-corrected chi connectivity index (χ1v) is 8.97. The first kappa shape index (κ1) is 17.5. The highest BCUT2D eigenvalue weighted by Crippen LogP contribution is 2.21. The number of rotatable bonds is 4.